The van der Waals surface area contributed by atoms with E-state index in [2.05, 4.69) is 0 Å². The summed E-state index contributed by atoms with van der Waals surface area (Å²) in [5.74, 6) is 0. The number of nitriles is 1. The highest BCUT2D eigenvalue weighted by molar-refractivity contribution is 6.30. The average molecular weight is 285 g/mol. The van der Waals surface area contributed by atoms with Crippen LogP contribution in [0.25, 0.3) is 11.6 Å². The van der Waals surface area contributed by atoms with Gasteiger partial charge in [0.15, 0.2) is 0 Å². The van der Waals surface area contributed by atoms with Gasteiger partial charge >= 0.3 is 0 Å². The van der Waals surface area contributed by atoms with Crippen LogP contribution in [0.3, 0.4) is 0 Å². The van der Waals surface area contributed by atoms with E-state index in [1.165, 1.54) is 6.07 Å². The maximum absolute atomic E-state index is 11.0. The van der Waals surface area contributed by atoms with E-state index in [0.29, 0.717) is 10.6 Å². The fourth-order valence-corrected chi connectivity index (χ4v) is 1.88. The van der Waals surface area contributed by atoms with Gasteiger partial charge in [-0.15, -0.1) is 0 Å². The topological polar surface area (TPSA) is 66.9 Å². The van der Waals surface area contributed by atoms with Crippen LogP contribution < -0.4 is 0 Å². The first-order valence-electron chi connectivity index (χ1n) is 5.73. The summed E-state index contributed by atoms with van der Waals surface area (Å²) in [7, 11) is 0. The van der Waals surface area contributed by atoms with E-state index >= 15 is 0 Å². The lowest BCUT2D eigenvalue weighted by Crippen LogP contribution is -1.93. The highest BCUT2D eigenvalue weighted by atomic mass is 35.5. The Hall–Kier alpha value is -2.64. The molecule has 0 aliphatic rings. The molecule has 0 aliphatic heterocycles. The number of nitrogens with zero attached hydrogens (tertiary/aromatic N) is 2. The minimum absolute atomic E-state index is 0.0886. The van der Waals surface area contributed by atoms with Crippen molar-refractivity contribution in [2.75, 3.05) is 0 Å². The minimum atomic E-state index is -0.498. The first-order chi connectivity index (χ1) is 9.61. The highest BCUT2D eigenvalue weighted by Gasteiger charge is 2.15. The first-order valence-corrected chi connectivity index (χ1v) is 6.11. The summed E-state index contributed by atoms with van der Waals surface area (Å²) in [6.45, 7) is 0. The first kappa shape index (κ1) is 13.8. The summed E-state index contributed by atoms with van der Waals surface area (Å²) in [6, 6.07) is 15.0. The Morgan fingerprint density at radius 2 is 1.85 bits per heavy atom. The van der Waals surface area contributed by atoms with E-state index in [4.69, 9.17) is 11.6 Å². The molecular formula is C15H9ClN2O2. The normalized spacial score (nSPS) is 10.9. The molecule has 0 radical (unpaired) electrons. The fraction of sp³-hybridized carbons (Fsp3) is 0. The van der Waals surface area contributed by atoms with Gasteiger partial charge in [-0.2, -0.15) is 5.26 Å². The van der Waals surface area contributed by atoms with Crippen LogP contribution in [0.4, 0.5) is 5.69 Å². The van der Waals surface area contributed by atoms with Gasteiger partial charge in [0, 0.05) is 11.1 Å². The molecule has 0 saturated carbocycles. The zero-order chi connectivity index (χ0) is 14.5. The molecule has 0 N–H and O–H groups in total. The van der Waals surface area contributed by atoms with Crippen LogP contribution in [0.1, 0.15) is 11.1 Å². The van der Waals surface area contributed by atoms with Crippen molar-refractivity contribution in [3.05, 3.63) is 74.8 Å². The van der Waals surface area contributed by atoms with Gasteiger partial charge in [0.2, 0.25) is 0 Å². The minimum Gasteiger partial charge on any atom is -0.258 e. The van der Waals surface area contributed by atoms with Gasteiger partial charge in [0.05, 0.1) is 16.1 Å². The van der Waals surface area contributed by atoms with Gasteiger partial charge in [-0.25, -0.2) is 0 Å². The lowest BCUT2D eigenvalue weighted by atomic mass is 10.0. The molecule has 0 atom stereocenters. The maximum atomic E-state index is 11.0. The molecule has 98 valence electrons. The lowest BCUT2D eigenvalue weighted by Gasteiger charge is -2.01. The third-order valence-corrected chi connectivity index (χ3v) is 2.94. The molecule has 20 heavy (non-hydrogen) atoms. The van der Waals surface area contributed by atoms with Crippen molar-refractivity contribution < 1.29 is 4.92 Å². The summed E-state index contributed by atoms with van der Waals surface area (Å²) in [6.07, 6.45) is 1.60. The van der Waals surface area contributed by atoms with Crippen molar-refractivity contribution >= 4 is 28.9 Å². The number of rotatable bonds is 3. The third kappa shape index (κ3) is 3.02. The molecule has 2 aromatic rings. The van der Waals surface area contributed by atoms with Crippen molar-refractivity contribution in [3.63, 3.8) is 0 Å². The van der Waals surface area contributed by atoms with Crippen molar-refractivity contribution in [3.8, 4) is 6.07 Å². The summed E-state index contributed by atoms with van der Waals surface area (Å²) >= 11 is 5.79. The van der Waals surface area contributed by atoms with Crippen LogP contribution in [0.5, 0.6) is 0 Å². The molecule has 0 aliphatic carbocycles. The van der Waals surface area contributed by atoms with Crippen molar-refractivity contribution in [1.82, 2.24) is 0 Å². The van der Waals surface area contributed by atoms with Crippen LogP contribution in [0, 0.1) is 21.4 Å². The number of hydrogen-bond donors (Lipinski definition) is 0. The van der Waals surface area contributed by atoms with E-state index < -0.39 is 4.92 Å². The molecule has 4 nitrogen and oxygen atoms in total. The highest BCUT2D eigenvalue weighted by Crippen LogP contribution is 2.27. The van der Waals surface area contributed by atoms with Gasteiger partial charge in [0.1, 0.15) is 6.07 Å². The van der Waals surface area contributed by atoms with Crippen molar-refractivity contribution in [2.45, 2.75) is 0 Å². The number of para-hydroxylation sites is 1. The zero-order valence-corrected chi connectivity index (χ0v) is 11.0. The Labute approximate surface area is 120 Å². The third-order valence-electron chi connectivity index (χ3n) is 2.69. The van der Waals surface area contributed by atoms with Crippen molar-refractivity contribution in [1.29, 1.82) is 5.26 Å². The fourth-order valence-electron chi connectivity index (χ4n) is 1.76. The molecule has 5 heteroatoms. The van der Waals surface area contributed by atoms with Crippen molar-refractivity contribution in [2.24, 2.45) is 0 Å². The summed E-state index contributed by atoms with van der Waals surface area (Å²) in [5, 5.41) is 20.8. The second kappa shape index (κ2) is 6.00. The Morgan fingerprint density at radius 1 is 1.20 bits per heavy atom. The smallest absolute Gasteiger partial charge is 0.258 e. The predicted molar refractivity (Wildman–Crippen MR) is 78.0 cm³/mol. The second-order valence-electron chi connectivity index (χ2n) is 4.00. The number of halogens is 1. The van der Waals surface area contributed by atoms with Gasteiger partial charge < -0.3 is 0 Å². The molecule has 0 saturated heterocycles. The molecule has 0 fully saturated rings. The molecule has 0 bridgehead atoms. The molecule has 0 amide bonds. The molecule has 2 aromatic carbocycles. The number of nitro groups is 1. The van der Waals surface area contributed by atoms with Crippen LogP contribution in [0.2, 0.25) is 5.02 Å². The van der Waals surface area contributed by atoms with E-state index in [9.17, 15) is 15.4 Å². The van der Waals surface area contributed by atoms with Crippen LogP contribution in [-0.2, 0) is 0 Å². The van der Waals surface area contributed by atoms with Gasteiger partial charge in [0.25, 0.3) is 5.69 Å². The van der Waals surface area contributed by atoms with Gasteiger partial charge in [-0.3, -0.25) is 10.1 Å². The molecule has 0 aromatic heterocycles. The maximum Gasteiger partial charge on any atom is 0.277 e. The number of hydrogen-bond acceptors (Lipinski definition) is 3. The van der Waals surface area contributed by atoms with E-state index in [-0.39, 0.29) is 11.3 Å². The quantitative estimate of drug-likeness (QED) is 0.365. The molecule has 2 rings (SSSR count). The average Bonchev–Trinajstić information content (AvgIpc) is 2.46. The van der Waals surface area contributed by atoms with Gasteiger partial charge in [-0.1, -0.05) is 35.9 Å². The zero-order valence-electron chi connectivity index (χ0n) is 10.3. The largest absolute Gasteiger partial charge is 0.277 e. The molecular weight excluding hydrogens is 276 g/mol. The monoisotopic (exact) mass is 284 g/mol. The van der Waals surface area contributed by atoms with Gasteiger partial charge in [-0.05, 0) is 29.8 Å². The number of nitro benzene ring substituents is 1. The lowest BCUT2D eigenvalue weighted by molar-refractivity contribution is -0.385. The Morgan fingerprint density at radius 3 is 2.45 bits per heavy atom. The van der Waals surface area contributed by atoms with E-state index in [1.807, 2.05) is 6.07 Å². The van der Waals surface area contributed by atoms with E-state index in [1.54, 1.807) is 48.5 Å². The SMILES string of the molecule is N#C/C(=C/c1ccc(Cl)cc1)c1ccccc1[N+](=O)[O-]. The Kier molecular flexibility index (Phi) is 4.14. The predicted octanol–water partition coefficient (Wildman–Crippen LogP) is 4.31. The standard InChI is InChI=1S/C15H9ClN2O2/c16-13-7-5-11(6-8-13)9-12(10-17)14-3-1-2-4-15(14)18(19)20/h1-9H/b12-9-. The van der Waals surface area contributed by atoms with E-state index in [0.717, 1.165) is 5.56 Å². The Balaban J connectivity index is 2.51. The summed E-state index contributed by atoms with van der Waals surface area (Å²) in [4.78, 5) is 10.5. The molecule has 0 spiro atoms. The number of allylic oxidation sites excluding steroid dienone is 1. The molecule has 0 heterocycles. The van der Waals surface area contributed by atoms with Crippen LogP contribution in [0.15, 0.2) is 48.5 Å². The summed E-state index contributed by atoms with van der Waals surface area (Å²) in [5.41, 5.74) is 1.20. The van der Waals surface area contributed by atoms with Crippen LogP contribution in [-0.4, -0.2) is 4.92 Å². The summed E-state index contributed by atoms with van der Waals surface area (Å²) < 4.78 is 0. The number of benzene rings is 2. The Bertz CT molecular complexity index is 715. The second-order valence-corrected chi connectivity index (χ2v) is 4.43. The molecule has 0 unspecified atom stereocenters. The van der Waals surface area contributed by atoms with Crippen LogP contribution >= 0.6 is 11.6 Å².